The maximum atomic E-state index is 12.8. The average Bonchev–Trinajstić information content (AvgIpc) is 2.82. The van der Waals surface area contributed by atoms with Crippen LogP contribution in [-0.4, -0.2) is 53.0 Å². The lowest BCUT2D eigenvalue weighted by molar-refractivity contribution is -0.130. The van der Waals surface area contributed by atoms with Crippen LogP contribution < -0.4 is 10.6 Å². The zero-order valence-electron chi connectivity index (χ0n) is 19.0. The third kappa shape index (κ3) is 7.20. The van der Waals surface area contributed by atoms with Crippen LogP contribution in [-0.2, 0) is 11.3 Å². The molecule has 3 amide bonds. The predicted molar refractivity (Wildman–Crippen MR) is 124 cm³/mol. The van der Waals surface area contributed by atoms with Gasteiger partial charge in [-0.1, -0.05) is 50.2 Å². The smallest absolute Gasteiger partial charge is 0.253 e. The van der Waals surface area contributed by atoms with Gasteiger partial charge in [0.1, 0.15) is 0 Å². The SMILES string of the molecule is CCCN(CCC)C(=O)c1cccc(C(=O)N[C@@H](C)C(O)C(=O)NCc2ccccc2)c1. The van der Waals surface area contributed by atoms with Gasteiger partial charge in [0, 0.05) is 30.8 Å². The summed E-state index contributed by atoms with van der Waals surface area (Å²) >= 11 is 0. The van der Waals surface area contributed by atoms with E-state index in [1.54, 1.807) is 36.1 Å². The molecule has 172 valence electrons. The van der Waals surface area contributed by atoms with Crippen molar-refractivity contribution in [1.82, 2.24) is 15.5 Å². The van der Waals surface area contributed by atoms with Crippen molar-refractivity contribution in [2.24, 2.45) is 0 Å². The minimum atomic E-state index is -1.41. The summed E-state index contributed by atoms with van der Waals surface area (Å²) in [6.07, 6.45) is 0.304. The van der Waals surface area contributed by atoms with Crippen LogP contribution in [0.1, 0.15) is 59.9 Å². The van der Waals surface area contributed by atoms with Gasteiger partial charge in [0.2, 0.25) is 0 Å². The first kappa shape index (κ1) is 25.1. The number of nitrogens with one attached hydrogen (secondary N) is 2. The zero-order chi connectivity index (χ0) is 23.5. The average molecular weight is 440 g/mol. The van der Waals surface area contributed by atoms with Crippen molar-refractivity contribution in [1.29, 1.82) is 0 Å². The molecule has 2 atom stereocenters. The van der Waals surface area contributed by atoms with Crippen molar-refractivity contribution in [2.75, 3.05) is 13.1 Å². The number of hydrogen-bond donors (Lipinski definition) is 3. The van der Waals surface area contributed by atoms with Gasteiger partial charge in [-0.3, -0.25) is 14.4 Å². The molecule has 2 rings (SSSR count). The Labute approximate surface area is 189 Å². The van der Waals surface area contributed by atoms with Crippen LogP contribution in [0.25, 0.3) is 0 Å². The third-order valence-corrected chi connectivity index (χ3v) is 5.06. The van der Waals surface area contributed by atoms with Crippen molar-refractivity contribution in [3.63, 3.8) is 0 Å². The fourth-order valence-corrected chi connectivity index (χ4v) is 3.32. The molecule has 0 aliphatic rings. The number of hydrogen-bond acceptors (Lipinski definition) is 4. The lowest BCUT2D eigenvalue weighted by Gasteiger charge is -2.22. The third-order valence-electron chi connectivity index (χ3n) is 5.06. The summed E-state index contributed by atoms with van der Waals surface area (Å²) in [6.45, 7) is 7.19. The van der Waals surface area contributed by atoms with Gasteiger partial charge in [-0.15, -0.1) is 0 Å². The fraction of sp³-hybridized carbons (Fsp3) is 0.400. The van der Waals surface area contributed by atoms with Crippen molar-refractivity contribution in [2.45, 2.75) is 52.3 Å². The minimum Gasteiger partial charge on any atom is -0.381 e. The van der Waals surface area contributed by atoms with Gasteiger partial charge in [0.25, 0.3) is 17.7 Å². The van der Waals surface area contributed by atoms with E-state index in [2.05, 4.69) is 10.6 Å². The molecule has 0 fully saturated rings. The molecule has 0 aliphatic heterocycles. The van der Waals surface area contributed by atoms with Gasteiger partial charge >= 0.3 is 0 Å². The standard InChI is InChI=1S/C25H33N3O4/c1-4-14-28(15-5-2)25(32)21-13-9-12-20(16-21)23(30)27-18(3)22(29)24(31)26-17-19-10-7-6-8-11-19/h6-13,16,18,22,29H,4-5,14-15,17H2,1-3H3,(H,26,31)(H,27,30)/t18-,22?/m0/s1. The van der Waals surface area contributed by atoms with E-state index in [0.717, 1.165) is 18.4 Å². The number of nitrogens with zero attached hydrogens (tertiary/aromatic N) is 1. The largest absolute Gasteiger partial charge is 0.381 e. The van der Waals surface area contributed by atoms with E-state index in [4.69, 9.17) is 0 Å². The van der Waals surface area contributed by atoms with Crippen LogP contribution in [0.15, 0.2) is 54.6 Å². The summed E-state index contributed by atoms with van der Waals surface area (Å²) in [5, 5.41) is 15.6. The first-order chi connectivity index (χ1) is 15.4. The summed E-state index contributed by atoms with van der Waals surface area (Å²) in [6, 6.07) is 15.0. The summed E-state index contributed by atoms with van der Waals surface area (Å²) in [5.41, 5.74) is 1.65. The van der Waals surface area contributed by atoms with E-state index >= 15 is 0 Å². The number of carbonyl (C=O) groups excluding carboxylic acids is 3. The Bertz CT molecular complexity index is 895. The van der Waals surface area contributed by atoms with Gasteiger partial charge in [-0.25, -0.2) is 0 Å². The molecular weight excluding hydrogens is 406 g/mol. The second-order valence-electron chi connectivity index (χ2n) is 7.78. The normalized spacial score (nSPS) is 12.5. The first-order valence-electron chi connectivity index (χ1n) is 11.1. The number of rotatable bonds is 11. The van der Waals surface area contributed by atoms with Crippen LogP contribution in [0.4, 0.5) is 0 Å². The van der Waals surface area contributed by atoms with Gasteiger partial charge in [-0.2, -0.15) is 0 Å². The highest BCUT2D eigenvalue weighted by Crippen LogP contribution is 2.11. The summed E-state index contributed by atoms with van der Waals surface area (Å²) < 4.78 is 0. The van der Waals surface area contributed by atoms with Gasteiger partial charge in [-0.05, 0) is 43.5 Å². The molecule has 0 heterocycles. The molecule has 0 radical (unpaired) electrons. The number of carbonyl (C=O) groups is 3. The molecule has 0 aliphatic carbocycles. The molecule has 0 bridgehead atoms. The first-order valence-corrected chi connectivity index (χ1v) is 11.1. The number of aliphatic hydroxyl groups excluding tert-OH is 1. The Morgan fingerprint density at radius 2 is 1.56 bits per heavy atom. The van der Waals surface area contributed by atoms with Crippen LogP contribution in [0.2, 0.25) is 0 Å². The van der Waals surface area contributed by atoms with E-state index in [9.17, 15) is 19.5 Å². The molecule has 3 N–H and O–H groups in total. The second-order valence-corrected chi connectivity index (χ2v) is 7.78. The molecule has 0 saturated heterocycles. The van der Waals surface area contributed by atoms with Crippen LogP contribution >= 0.6 is 0 Å². The van der Waals surface area contributed by atoms with Crippen molar-refractivity contribution in [3.8, 4) is 0 Å². The molecule has 0 aromatic heterocycles. The molecule has 0 saturated carbocycles. The molecule has 7 nitrogen and oxygen atoms in total. The Morgan fingerprint density at radius 1 is 0.938 bits per heavy atom. The van der Waals surface area contributed by atoms with E-state index in [0.29, 0.717) is 24.2 Å². The molecule has 0 spiro atoms. The summed E-state index contributed by atoms with van der Waals surface area (Å²) in [4.78, 5) is 39.5. The van der Waals surface area contributed by atoms with E-state index in [1.165, 1.54) is 0 Å². The lowest BCUT2D eigenvalue weighted by atomic mass is 10.1. The van der Waals surface area contributed by atoms with Crippen molar-refractivity contribution < 1.29 is 19.5 Å². The van der Waals surface area contributed by atoms with E-state index in [1.807, 2.05) is 44.2 Å². The zero-order valence-corrected chi connectivity index (χ0v) is 19.0. The predicted octanol–water partition coefficient (Wildman–Crippen LogP) is 2.74. The maximum absolute atomic E-state index is 12.8. The molecule has 7 heteroatoms. The minimum absolute atomic E-state index is 0.114. The lowest BCUT2D eigenvalue weighted by Crippen LogP contribution is -2.48. The second kappa shape index (κ2) is 12.6. The Morgan fingerprint density at radius 3 is 2.19 bits per heavy atom. The molecule has 32 heavy (non-hydrogen) atoms. The highest BCUT2D eigenvalue weighted by Gasteiger charge is 2.24. The highest BCUT2D eigenvalue weighted by molar-refractivity contribution is 6.00. The van der Waals surface area contributed by atoms with E-state index < -0.39 is 24.0 Å². The number of amides is 3. The highest BCUT2D eigenvalue weighted by atomic mass is 16.3. The topological polar surface area (TPSA) is 98.7 Å². The summed E-state index contributed by atoms with van der Waals surface area (Å²) in [5.74, 6) is -1.14. The Balaban J connectivity index is 1.98. The quantitative estimate of drug-likeness (QED) is 0.501. The van der Waals surface area contributed by atoms with Crippen LogP contribution in [0, 0.1) is 0 Å². The number of aliphatic hydroxyl groups is 1. The van der Waals surface area contributed by atoms with E-state index in [-0.39, 0.29) is 12.5 Å². The van der Waals surface area contributed by atoms with Gasteiger partial charge < -0.3 is 20.6 Å². The molecule has 1 unspecified atom stereocenters. The number of benzene rings is 2. The Hall–Kier alpha value is -3.19. The molecule has 2 aromatic rings. The van der Waals surface area contributed by atoms with Crippen molar-refractivity contribution >= 4 is 17.7 Å². The summed E-state index contributed by atoms with van der Waals surface area (Å²) in [7, 11) is 0. The van der Waals surface area contributed by atoms with Gasteiger partial charge in [0.15, 0.2) is 6.10 Å². The van der Waals surface area contributed by atoms with Crippen molar-refractivity contribution in [3.05, 3.63) is 71.3 Å². The molecular formula is C25H33N3O4. The molecule has 2 aromatic carbocycles. The maximum Gasteiger partial charge on any atom is 0.253 e. The monoisotopic (exact) mass is 439 g/mol. The Kier molecular flexibility index (Phi) is 9.88. The fourth-order valence-electron chi connectivity index (χ4n) is 3.32. The van der Waals surface area contributed by atoms with Crippen LogP contribution in [0.3, 0.4) is 0 Å². The van der Waals surface area contributed by atoms with Crippen LogP contribution in [0.5, 0.6) is 0 Å². The van der Waals surface area contributed by atoms with Gasteiger partial charge in [0.05, 0.1) is 6.04 Å².